The van der Waals surface area contributed by atoms with Gasteiger partial charge in [-0.1, -0.05) is 27.7 Å². The van der Waals surface area contributed by atoms with Gasteiger partial charge < -0.3 is 4.90 Å². The van der Waals surface area contributed by atoms with Crippen LogP contribution in [0.25, 0.3) is 15.7 Å². The van der Waals surface area contributed by atoms with Crippen molar-refractivity contribution in [2.45, 2.75) is 53.5 Å². The summed E-state index contributed by atoms with van der Waals surface area (Å²) in [6.45, 7) is 10.1. The monoisotopic (exact) mass is 400 g/mol. The van der Waals surface area contributed by atoms with Crippen molar-refractivity contribution in [2.75, 3.05) is 13.1 Å². The molecular weight excluding hydrogens is 372 g/mol. The maximum absolute atomic E-state index is 13.1. The molecule has 0 bridgehead atoms. The van der Waals surface area contributed by atoms with Crippen LogP contribution < -0.4 is 5.56 Å². The van der Waals surface area contributed by atoms with Crippen molar-refractivity contribution < 1.29 is 4.79 Å². The number of amides is 1. The summed E-state index contributed by atoms with van der Waals surface area (Å²) in [5.74, 6) is 1.80. The van der Waals surface area contributed by atoms with E-state index in [1.807, 2.05) is 22.3 Å². The van der Waals surface area contributed by atoms with Crippen molar-refractivity contribution in [3.05, 3.63) is 33.2 Å². The van der Waals surface area contributed by atoms with Gasteiger partial charge in [-0.3, -0.25) is 14.0 Å². The maximum Gasteiger partial charge on any atom is 0.291 e. The molecule has 1 amide bonds. The zero-order valence-electron chi connectivity index (χ0n) is 17.1. The molecule has 1 aliphatic rings. The molecule has 3 aromatic rings. The van der Waals surface area contributed by atoms with E-state index >= 15 is 0 Å². The molecule has 4 rings (SSSR count). The minimum Gasteiger partial charge on any atom is -0.341 e. The molecule has 28 heavy (non-hydrogen) atoms. The topological polar surface area (TPSA) is 59.6 Å². The Morgan fingerprint density at radius 2 is 1.86 bits per heavy atom. The lowest BCUT2D eigenvalue weighted by Crippen LogP contribution is -2.45. The van der Waals surface area contributed by atoms with Gasteiger partial charge in [-0.2, -0.15) is 5.10 Å². The maximum atomic E-state index is 13.1. The van der Waals surface area contributed by atoms with E-state index in [2.05, 4.69) is 31.9 Å². The molecule has 1 saturated heterocycles. The van der Waals surface area contributed by atoms with E-state index in [0.717, 1.165) is 42.0 Å². The molecule has 3 aromatic heterocycles. The molecule has 0 saturated carbocycles. The number of carbonyl (C=O) groups is 1. The van der Waals surface area contributed by atoms with Crippen molar-refractivity contribution in [1.29, 1.82) is 0 Å². The number of piperidine rings is 1. The summed E-state index contributed by atoms with van der Waals surface area (Å²) >= 11 is 1.72. The average Bonchev–Trinajstić information content (AvgIpc) is 3.21. The van der Waals surface area contributed by atoms with Crippen molar-refractivity contribution >= 4 is 33.0 Å². The van der Waals surface area contributed by atoms with Crippen LogP contribution in [0.2, 0.25) is 0 Å². The van der Waals surface area contributed by atoms with Crippen molar-refractivity contribution in [3.8, 4) is 0 Å². The standard InChI is InChI=1S/C21H28N4O2S/c1-5-15-8-16-18(28-15)9-17-21(27)24(22-19(6-2)25(16)17)12-20(26)23-10-13(3)7-14(4)11-23/h8-9,13-14H,5-7,10-12H2,1-4H3/t13-,14-/m1/s1. The second-order valence-electron chi connectivity index (χ2n) is 8.16. The van der Waals surface area contributed by atoms with E-state index in [4.69, 9.17) is 0 Å². The van der Waals surface area contributed by atoms with Crippen molar-refractivity contribution in [2.24, 2.45) is 11.8 Å². The molecule has 1 aliphatic heterocycles. The van der Waals surface area contributed by atoms with Gasteiger partial charge in [0.2, 0.25) is 5.91 Å². The van der Waals surface area contributed by atoms with Crippen LogP contribution in [0.3, 0.4) is 0 Å². The van der Waals surface area contributed by atoms with Gasteiger partial charge in [-0.05, 0) is 36.8 Å². The molecule has 0 aromatic carbocycles. The highest BCUT2D eigenvalue weighted by molar-refractivity contribution is 7.19. The number of rotatable bonds is 4. The summed E-state index contributed by atoms with van der Waals surface area (Å²) in [7, 11) is 0. The normalized spacial score (nSPS) is 20.4. The summed E-state index contributed by atoms with van der Waals surface area (Å²) in [6.07, 6.45) is 2.83. The second kappa shape index (κ2) is 7.35. The number of carbonyl (C=O) groups excluding carboxylic acids is 1. The molecule has 0 spiro atoms. The zero-order valence-corrected chi connectivity index (χ0v) is 17.9. The molecule has 6 nitrogen and oxygen atoms in total. The summed E-state index contributed by atoms with van der Waals surface area (Å²) in [4.78, 5) is 29.1. The molecule has 2 atom stereocenters. The molecule has 7 heteroatoms. The second-order valence-corrected chi connectivity index (χ2v) is 9.33. The van der Waals surface area contributed by atoms with Gasteiger partial charge in [0.05, 0.1) is 10.2 Å². The van der Waals surface area contributed by atoms with E-state index in [0.29, 0.717) is 23.8 Å². The van der Waals surface area contributed by atoms with Crippen LogP contribution in [0.5, 0.6) is 0 Å². The van der Waals surface area contributed by atoms with Crippen LogP contribution in [0.4, 0.5) is 0 Å². The van der Waals surface area contributed by atoms with E-state index < -0.39 is 0 Å². The van der Waals surface area contributed by atoms with Crippen molar-refractivity contribution in [3.63, 3.8) is 0 Å². The predicted octanol–water partition coefficient (Wildman–Crippen LogP) is 3.34. The number of likely N-dealkylation sites (tertiary alicyclic amines) is 1. The first kappa shape index (κ1) is 19.2. The molecule has 0 N–H and O–H groups in total. The molecule has 1 fully saturated rings. The Kier molecular flexibility index (Phi) is 5.04. The summed E-state index contributed by atoms with van der Waals surface area (Å²) < 4.78 is 4.44. The lowest BCUT2D eigenvalue weighted by atomic mass is 9.92. The first-order valence-electron chi connectivity index (χ1n) is 10.2. The molecule has 150 valence electrons. The molecule has 0 radical (unpaired) electrons. The Morgan fingerprint density at radius 1 is 1.14 bits per heavy atom. The van der Waals surface area contributed by atoms with Crippen LogP contribution in [-0.4, -0.2) is 38.1 Å². The number of hydrogen-bond acceptors (Lipinski definition) is 4. The van der Waals surface area contributed by atoms with E-state index in [1.54, 1.807) is 11.3 Å². The molecule has 0 unspecified atom stereocenters. The third-order valence-electron chi connectivity index (χ3n) is 5.66. The fourth-order valence-corrected chi connectivity index (χ4v) is 5.47. The predicted molar refractivity (Wildman–Crippen MR) is 113 cm³/mol. The highest BCUT2D eigenvalue weighted by Gasteiger charge is 2.26. The summed E-state index contributed by atoms with van der Waals surface area (Å²) in [5, 5.41) is 4.57. The minimum atomic E-state index is -0.190. The van der Waals surface area contributed by atoms with E-state index in [9.17, 15) is 9.59 Å². The van der Waals surface area contributed by atoms with E-state index in [1.165, 1.54) is 9.56 Å². The lowest BCUT2D eigenvalue weighted by Gasteiger charge is -2.35. The Bertz CT molecular complexity index is 1080. The lowest BCUT2D eigenvalue weighted by molar-refractivity contribution is -0.134. The zero-order chi connectivity index (χ0) is 20.0. The molecule has 4 heterocycles. The Balaban J connectivity index is 1.72. The quantitative estimate of drug-likeness (QED) is 0.675. The van der Waals surface area contributed by atoms with Crippen LogP contribution in [0, 0.1) is 11.8 Å². The van der Waals surface area contributed by atoms with Crippen LogP contribution in [0.15, 0.2) is 16.9 Å². The number of aryl methyl sites for hydroxylation is 2. The number of fused-ring (bicyclic) bond motifs is 3. The van der Waals surface area contributed by atoms with Gasteiger partial charge in [-0.25, -0.2) is 4.68 Å². The third-order valence-corrected chi connectivity index (χ3v) is 6.88. The molecule has 0 aliphatic carbocycles. The van der Waals surface area contributed by atoms with Crippen LogP contribution in [0.1, 0.15) is 44.8 Å². The number of aromatic nitrogens is 3. The summed E-state index contributed by atoms with van der Waals surface area (Å²) in [6, 6.07) is 4.10. The first-order chi connectivity index (χ1) is 13.4. The van der Waals surface area contributed by atoms with Crippen molar-refractivity contribution in [1.82, 2.24) is 19.1 Å². The van der Waals surface area contributed by atoms with Crippen LogP contribution >= 0.6 is 11.3 Å². The largest absolute Gasteiger partial charge is 0.341 e. The third kappa shape index (κ3) is 3.26. The SMILES string of the molecule is CCc1cc2c(cc3c(=O)n(CC(=O)N4C[C@H](C)C[C@@H](C)C4)nc(CC)n32)s1. The Hall–Kier alpha value is -2.15. The number of thiophene rings is 1. The first-order valence-corrected chi connectivity index (χ1v) is 11.0. The fraction of sp³-hybridized carbons (Fsp3) is 0.571. The summed E-state index contributed by atoms with van der Waals surface area (Å²) in [5.41, 5.74) is 1.48. The van der Waals surface area contributed by atoms with Gasteiger partial charge in [0.1, 0.15) is 17.9 Å². The number of hydrogen-bond donors (Lipinski definition) is 0. The van der Waals surface area contributed by atoms with Gasteiger partial charge >= 0.3 is 0 Å². The Morgan fingerprint density at radius 3 is 2.50 bits per heavy atom. The minimum absolute atomic E-state index is 0.0129. The fourth-order valence-electron chi connectivity index (χ4n) is 4.45. The van der Waals surface area contributed by atoms with Crippen LogP contribution in [-0.2, 0) is 24.2 Å². The van der Waals surface area contributed by atoms with Gasteiger partial charge in [0.15, 0.2) is 0 Å². The highest BCUT2D eigenvalue weighted by Crippen LogP contribution is 2.29. The van der Waals surface area contributed by atoms with Gasteiger partial charge in [0, 0.05) is 24.4 Å². The average molecular weight is 401 g/mol. The smallest absolute Gasteiger partial charge is 0.291 e. The molecular formula is C21H28N4O2S. The van der Waals surface area contributed by atoms with Gasteiger partial charge in [-0.15, -0.1) is 11.3 Å². The Labute approximate surface area is 168 Å². The van der Waals surface area contributed by atoms with E-state index in [-0.39, 0.29) is 18.0 Å². The van der Waals surface area contributed by atoms with Gasteiger partial charge in [0.25, 0.3) is 5.56 Å². The highest BCUT2D eigenvalue weighted by atomic mass is 32.1. The number of nitrogens with zero attached hydrogens (tertiary/aromatic N) is 4.